The Morgan fingerprint density at radius 1 is 0.282 bits per heavy atom. The predicted octanol–water partition coefficient (Wildman–Crippen LogP) is 11.4. The van der Waals surface area contributed by atoms with Gasteiger partial charge in [-0.2, -0.15) is 0 Å². The molecule has 0 bridgehead atoms. The van der Waals surface area contributed by atoms with Crippen LogP contribution in [0.15, 0.2) is 156 Å². The van der Waals surface area contributed by atoms with Crippen molar-refractivity contribution in [1.82, 2.24) is 0 Å². The third kappa shape index (κ3) is 4.35. The van der Waals surface area contributed by atoms with Gasteiger partial charge in [-0.3, -0.25) is 0 Å². The Morgan fingerprint density at radius 2 is 0.641 bits per heavy atom. The molecule has 1 heteroatoms. The highest BCUT2D eigenvalue weighted by Crippen LogP contribution is 2.44. The summed E-state index contributed by atoms with van der Waals surface area (Å²) < 4.78 is 1.08. The van der Waals surface area contributed by atoms with Crippen LogP contribution in [0.4, 0.5) is 0 Å². The fourth-order valence-electron chi connectivity index (χ4n) is 5.69. The smallest absolute Gasteiger partial charge is 0.0181 e. The lowest BCUT2D eigenvalue weighted by Gasteiger charge is -2.18. The van der Waals surface area contributed by atoms with Gasteiger partial charge in [0.2, 0.25) is 0 Å². The SMILES string of the molecule is Brc1ccc2c(-c3ccc(-c4ccccc4)cc3)c3ccccc3c(-c3ccc(-c4ccccc4)cc3)c2c1. The first-order chi connectivity index (χ1) is 19.3. The van der Waals surface area contributed by atoms with E-state index in [9.17, 15) is 0 Å². The molecule has 7 aromatic rings. The first-order valence-corrected chi connectivity index (χ1v) is 14.0. The maximum absolute atomic E-state index is 3.76. The quantitative estimate of drug-likeness (QED) is 0.188. The van der Waals surface area contributed by atoms with Crippen LogP contribution < -0.4 is 0 Å². The number of hydrogen-bond donors (Lipinski definition) is 0. The van der Waals surface area contributed by atoms with E-state index in [2.05, 4.69) is 168 Å². The van der Waals surface area contributed by atoms with E-state index in [4.69, 9.17) is 0 Å². The van der Waals surface area contributed by atoms with Crippen molar-refractivity contribution in [2.24, 2.45) is 0 Å². The van der Waals surface area contributed by atoms with Crippen LogP contribution in [0.2, 0.25) is 0 Å². The molecule has 0 aromatic heterocycles. The molecule has 0 saturated carbocycles. The van der Waals surface area contributed by atoms with E-state index >= 15 is 0 Å². The molecule has 184 valence electrons. The zero-order valence-electron chi connectivity index (χ0n) is 21.3. The first-order valence-electron chi connectivity index (χ1n) is 13.2. The standard InChI is InChI=1S/C38H25Br/c39-32-23-24-35-36(25-32)38(31-21-17-29(18-22-31)27-11-5-2-6-12-27)34-14-8-7-13-33(34)37(35)30-19-15-28(16-20-30)26-9-3-1-4-10-26/h1-25H. The molecular weight excluding hydrogens is 536 g/mol. The van der Waals surface area contributed by atoms with Gasteiger partial charge in [0.15, 0.2) is 0 Å². The lowest BCUT2D eigenvalue weighted by atomic mass is 9.85. The minimum absolute atomic E-state index is 1.08. The summed E-state index contributed by atoms with van der Waals surface area (Å²) in [5, 5.41) is 5.03. The molecule has 0 spiro atoms. The highest BCUT2D eigenvalue weighted by Gasteiger charge is 2.17. The van der Waals surface area contributed by atoms with Gasteiger partial charge < -0.3 is 0 Å². The molecule has 39 heavy (non-hydrogen) atoms. The Labute approximate surface area is 237 Å². The van der Waals surface area contributed by atoms with Crippen LogP contribution in [-0.4, -0.2) is 0 Å². The molecule has 0 atom stereocenters. The van der Waals surface area contributed by atoms with Crippen molar-refractivity contribution in [2.45, 2.75) is 0 Å². The molecule has 0 saturated heterocycles. The fourth-order valence-corrected chi connectivity index (χ4v) is 6.05. The van der Waals surface area contributed by atoms with Gasteiger partial charge in [0.05, 0.1) is 0 Å². The van der Waals surface area contributed by atoms with E-state index < -0.39 is 0 Å². The lowest BCUT2D eigenvalue weighted by Crippen LogP contribution is -1.91. The Bertz CT molecular complexity index is 1920. The van der Waals surface area contributed by atoms with Crippen molar-refractivity contribution in [3.05, 3.63) is 156 Å². The second-order valence-electron chi connectivity index (χ2n) is 9.87. The molecular formula is C38H25Br. The predicted molar refractivity (Wildman–Crippen MR) is 171 cm³/mol. The van der Waals surface area contributed by atoms with Gasteiger partial charge >= 0.3 is 0 Å². The van der Waals surface area contributed by atoms with Crippen LogP contribution in [0.3, 0.4) is 0 Å². The van der Waals surface area contributed by atoms with Crippen LogP contribution in [0.5, 0.6) is 0 Å². The highest BCUT2D eigenvalue weighted by atomic mass is 79.9. The Kier molecular flexibility index (Phi) is 6.07. The molecule has 0 fully saturated rings. The third-order valence-electron chi connectivity index (χ3n) is 7.55. The van der Waals surface area contributed by atoms with E-state index in [-0.39, 0.29) is 0 Å². The number of benzene rings is 7. The average Bonchev–Trinajstić information content (AvgIpc) is 3.01. The molecule has 0 N–H and O–H groups in total. The molecule has 0 nitrogen and oxygen atoms in total. The maximum Gasteiger partial charge on any atom is 0.0181 e. The van der Waals surface area contributed by atoms with Crippen molar-refractivity contribution in [1.29, 1.82) is 0 Å². The van der Waals surface area contributed by atoms with Crippen LogP contribution in [0.25, 0.3) is 66.1 Å². The van der Waals surface area contributed by atoms with E-state index in [0.717, 1.165) is 4.47 Å². The summed E-state index contributed by atoms with van der Waals surface area (Å²) in [7, 11) is 0. The second-order valence-corrected chi connectivity index (χ2v) is 10.8. The minimum Gasteiger partial charge on any atom is -0.0622 e. The molecule has 7 rings (SSSR count). The van der Waals surface area contributed by atoms with E-state index in [1.807, 2.05) is 0 Å². The normalized spacial score (nSPS) is 11.2. The van der Waals surface area contributed by atoms with Crippen molar-refractivity contribution in [3.63, 3.8) is 0 Å². The van der Waals surface area contributed by atoms with Crippen LogP contribution >= 0.6 is 15.9 Å². The summed E-state index contributed by atoms with van der Waals surface area (Å²) in [5.74, 6) is 0. The molecule has 0 radical (unpaired) electrons. The van der Waals surface area contributed by atoms with Crippen LogP contribution in [0, 0.1) is 0 Å². The Morgan fingerprint density at radius 3 is 1.13 bits per heavy atom. The summed E-state index contributed by atoms with van der Waals surface area (Å²) in [6.07, 6.45) is 0. The van der Waals surface area contributed by atoms with Crippen LogP contribution in [-0.2, 0) is 0 Å². The van der Waals surface area contributed by atoms with Crippen molar-refractivity contribution >= 4 is 37.5 Å². The van der Waals surface area contributed by atoms with Gasteiger partial charge in [0.1, 0.15) is 0 Å². The van der Waals surface area contributed by atoms with Gasteiger partial charge in [-0.05, 0) is 78.2 Å². The molecule has 0 aliphatic rings. The van der Waals surface area contributed by atoms with Gasteiger partial charge in [0.25, 0.3) is 0 Å². The average molecular weight is 562 g/mol. The minimum atomic E-state index is 1.08. The first kappa shape index (κ1) is 23.6. The fraction of sp³-hybridized carbons (Fsp3) is 0. The summed E-state index contributed by atoms with van der Waals surface area (Å²) in [6, 6.07) is 54.6. The third-order valence-corrected chi connectivity index (χ3v) is 8.04. The number of rotatable bonds is 4. The van der Waals surface area contributed by atoms with Gasteiger partial charge in [0, 0.05) is 4.47 Å². The van der Waals surface area contributed by atoms with E-state index in [1.165, 1.54) is 66.1 Å². The highest BCUT2D eigenvalue weighted by molar-refractivity contribution is 9.10. The van der Waals surface area contributed by atoms with Crippen molar-refractivity contribution in [3.8, 4) is 44.5 Å². The molecule has 0 heterocycles. The summed E-state index contributed by atoms with van der Waals surface area (Å²) in [6.45, 7) is 0. The summed E-state index contributed by atoms with van der Waals surface area (Å²) in [5.41, 5.74) is 9.91. The largest absolute Gasteiger partial charge is 0.0622 e. The summed E-state index contributed by atoms with van der Waals surface area (Å²) >= 11 is 3.76. The van der Waals surface area contributed by atoms with E-state index in [1.54, 1.807) is 0 Å². The topological polar surface area (TPSA) is 0 Å². The zero-order chi connectivity index (χ0) is 26.2. The second kappa shape index (κ2) is 10.0. The van der Waals surface area contributed by atoms with Gasteiger partial charge in [-0.25, -0.2) is 0 Å². The molecule has 7 aromatic carbocycles. The van der Waals surface area contributed by atoms with Gasteiger partial charge in [-0.15, -0.1) is 0 Å². The van der Waals surface area contributed by atoms with E-state index in [0.29, 0.717) is 0 Å². The van der Waals surface area contributed by atoms with Gasteiger partial charge in [-0.1, -0.05) is 155 Å². The monoisotopic (exact) mass is 560 g/mol. The van der Waals surface area contributed by atoms with Crippen molar-refractivity contribution < 1.29 is 0 Å². The van der Waals surface area contributed by atoms with Crippen molar-refractivity contribution in [2.75, 3.05) is 0 Å². The molecule has 0 unspecified atom stereocenters. The molecule has 0 aliphatic carbocycles. The van der Waals surface area contributed by atoms with Crippen LogP contribution in [0.1, 0.15) is 0 Å². The number of halogens is 1. The Balaban J connectivity index is 1.45. The number of hydrogen-bond acceptors (Lipinski definition) is 0. The lowest BCUT2D eigenvalue weighted by molar-refractivity contribution is 1.60. The maximum atomic E-state index is 3.76. The zero-order valence-corrected chi connectivity index (χ0v) is 22.9. The summed E-state index contributed by atoms with van der Waals surface area (Å²) in [4.78, 5) is 0. The number of fused-ring (bicyclic) bond motifs is 2. The molecule has 0 aliphatic heterocycles. The Hall–Kier alpha value is -4.46. The molecule has 0 amide bonds.